The molecule has 0 bridgehead atoms. The maximum absolute atomic E-state index is 13.4. The average molecular weight is 657 g/mol. The van der Waals surface area contributed by atoms with Gasteiger partial charge in [-0.1, -0.05) is 42.5 Å². The zero-order valence-electron chi connectivity index (χ0n) is 24.8. The number of hydrogen-bond acceptors (Lipinski definition) is 7. The third-order valence-corrected chi connectivity index (χ3v) is 10.7. The fraction of sp³-hybridized carbons (Fsp3) is 0.355. The van der Waals surface area contributed by atoms with E-state index in [4.69, 9.17) is 10.5 Å². The minimum absolute atomic E-state index is 0.172. The molecule has 0 aliphatic carbocycles. The van der Waals surface area contributed by atoms with Crippen LogP contribution >= 0.6 is 19.4 Å². The highest BCUT2D eigenvalue weighted by molar-refractivity contribution is 8.05. The van der Waals surface area contributed by atoms with E-state index >= 15 is 0 Å². The fourth-order valence-corrected chi connectivity index (χ4v) is 7.34. The summed E-state index contributed by atoms with van der Waals surface area (Å²) in [5, 5.41) is 7.32. The first-order valence-corrected chi connectivity index (χ1v) is 17.1. The van der Waals surface area contributed by atoms with Crippen molar-refractivity contribution in [1.82, 2.24) is 10.2 Å². The molecule has 3 atom stereocenters. The Hall–Kier alpha value is -3.90. The number of nitrogens with two attached hydrogens (primary N) is 1. The second-order valence-corrected chi connectivity index (χ2v) is 14.1. The van der Waals surface area contributed by atoms with Gasteiger partial charge in [0.15, 0.2) is 0 Å². The molecule has 6 N–H and O–H groups in total. The molecule has 0 spiro atoms. The number of nitrogens with one attached hydrogen (secondary N) is 2. The van der Waals surface area contributed by atoms with Crippen LogP contribution in [0.4, 0.5) is 5.69 Å². The first kappa shape index (κ1) is 34.0. The van der Waals surface area contributed by atoms with Crippen molar-refractivity contribution in [2.75, 3.05) is 24.7 Å². The van der Waals surface area contributed by atoms with Crippen molar-refractivity contribution in [2.24, 2.45) is 5.73 Å². The van der Waals surface area contributed by atoms with E-state index in [1.807, 2.05) is 42.5 Å². The van der Waals surface area contributed by atoms with Crippen LogP contribution in [-0.4, -0.2) is 74.8 Å². The van der Waals surface area contributed by atoms with Crippen molar-refractivity contribution < 1.29 is 38.3 Å². The number of piperidine rings is 1. The van der Waals surface area contributed by atoms with Gasteiger partial charge in [-0.25, -0.2) is 0 Å². The van der Waals surface area contributed by atoms with E-state index in [0.717, 1.165) is 16.3 Å². The van der Waals surface area contributed by atoms with Gasteiger partial charge in [0.1, 0.15) is 22.8 Å². The molecule has 12 nitrogen and oxygen atoms in total. The highest BCUT2D eigenvalue weighted by Gasteiger charge is 2.36. The molecule has 0 aromatic heterocycles. The van der Waals surface area contributed by atoms with Crippen LogP contribution in [0.2, 0.25) is 0 Å². The zero-order chi connectivity index (χ0) is 32.6. The molecule has 1 aliphatic heterocycles. The van der Waals surface area contributed by atoms with Crippen LogP contribution in [0.1, 0.15) is 31.2 Å². The Morgan fingerprint density at radius 3 is 2.42 bits per heavy atom. The average Bonchev–Trinajstić information content (AvgIpc) is 3.02. The van der Waals surface area contributed by atoms with Crippen LogP contribution in [0.15, 0.2) is 66.7 Å². The number of hydrogen-bond donors (Lipinski definition) is 5. The molecule has 1 aliphatic rings. The number of carbonyl (C=O) groups excluding carboxylic acids is 4. The lowest BCUT2D eigenvalue weighted by Crippen LogP contribution is -2.56. The maximum atomic E-state index is 13.4. The quantitative estimate of drug-likeness (QED) is 0.172. The smallest absolute Gasteiger partial charge is 0.338 e. The van der Waals surface area contributed by atoms with Gasteiger partial charge in [0.05, 0.1) is 19.3 Å². The standard InChI is InChI=1S/C31H37N4O8PS/c1-43-24-13-11-23(12-14-24)33-27(36)18-29(44(40,41)42)45-19-28(37)35-15-5-4-8-26(35)31(39)34-25(30(32)38)17-20-9-10-21-6-2-3-7-22(21)16-20/h2-3,6-7,9-14,16,25-26,29H,4-5,8,15,17-19H2,1H3,(H2,32,38)(H,33,36)(H,34,39)(H2,40,41,42). The normalized spacial score (nSPS) is 16.4. The first-order chi connectivity index (χ1) is 21.4. The molecular formula is C31H37N4O8PS. The second-order valence-electron chi connectivity index (χ2n) is 10.8. The zero-order valence-corrected chi connectivity index (χ0v) is 26.5. The summed E-state index contributed by atoms with van der Waals surface area (Å²) in [5.41, 5.74) is 6.87. The van der Waals surface area contributed by atoms with E-state index < -0.39 is 54.7 Å². The van der Waals surface area contributed by atoms with Crippen LogP contribution in [0.3, 0.4) is 0 Å². The molecule has 4 rings (SSSR count). The molecule has 1 fully saturated rings. The van der Waals surface area contributed by atoms with Gasteiger partial charge in [0.2, 0.25) is 23.6 Å². The van der Waals surface area contributed by atoms with Crippen molar-refractivity contribution in [2.45, 2.75) is 49.2 Å². The Balaban J connectivity index is 1.37. The molecule has 3 aromatic carbocycles. The largest absolute Gasteiger partial charge is 0.497 e. The number of ether oxygens (including phenoxy) is 1. The highest BCUT2D eigenvalue weighted by atomic mass is 32.2. The summed E-state index contributed by atoms with van der Waals surface area (Å²) in [5.74, 6) is -2.14. The molecule has 4 amide bonds. The number of methoxy groups -OCH3 is 1. The Kier molecular flexibility index (Phi) is 11.6. The van der Waals surface area contributed by atoms with E-state index in [2.05, 4.69) is 10.6 Å². The van der Waals surface area contributed by atoms with Crippen molar-refractivity contribution in [3.05, 3.63) is 72.3 Å². The molecule has 14 heteroatoms. The van der Waals surface area contributed by atoms with Crippen molar-refractivity contribution in [1.29, 1.82) is 0 Å². The molecular weight excluding hydrogens is 619 g/mol. The number of anilines is 1. The number of fused-ring (bicyclic) bond motifs is 1. The van der Waals surface area contributed by atoms with Crippen molar-refractivity contribution in [3.8, 4) is 5.75 Å². The first-order valence-electron chi connectivity index (χ1n) is 14.4. The number of carbonyl (C=O) groups is 4. The summed E-state index contributed by atoms with van der Waals surface area (Å²) < 4.78 is 17.3. The van der Waals surface area contributed by atoms with Crippen molar-refractivity contribution in [3.63, 3.8) is 0 Å². The Morgan fingerprint density at radius 1 is 1.04 bits per heavy atom. The minimum atomic E-state index is -4.78. The van der Waals surface area contributed by atoms with Gasteiger partial charge in [-0.05, 0) is 59.9 Å². The lowest BCUT2D eigenvalue weighted by atomic mass is 9.99. The summed E-state index contributed by atoms with van der Waals surface area (Å²) in [4.78, 5) is 71.3. The van der Waals surface area contributed by atoms with Crippen LogP contribution < -0.4 is 21.1 Å². The van der Waals surface area contributed by atoms with Crippen LogP contribution in [0, 0.1) is 0 Å². The van der Waals surface area contributed by atoms with Gasteiger partial charge >= 0.3 is 7.60 Å². The number of likely N-dealkylation sites (tertiary alicyclic amines) is 1. The predicted octanol–water partition coefficient (Wildman–Crippen LogP) is 3.01. The lowest BCUT2D eigenvalue weighted by Gasteiger charge is -2.35. The minimum Gasteiger partial charge on any atom is -0.497 e. The van der Waals surface area contributed by atoms with E-state index in [9.17, 15) is 33.5 Å². The number of primary amides is 1. The van der Waals surface area contributed by atoms with Gasteiger partial charge in [-0.3, -0.25) is 23.7 Å². The third kappa shape index (κ3) is 9.54. The molecule has 0 radical (unpaired) electrons. The van der Waals surface area contributed by atoms with Gasteiger partial charge < -0.3 is 35.8 Å². The number of nitrogens with zero attached hydrogens (tertiary/aromatic N) is 1. The Labute approximate surface area is 265 Å². The molecule has 1 saturated heterocycles. The number of rotatable bonds is 13. The maximum Gasteiger partial charge on any atom is 0.338 e. The van der Waals surface area contributed by atoms with Crippen molar-refractivity contribution >= 4 is 59.4 Å². The summed E-state index contributed by atoms with van der Waals surface area (Å²) in [6, 6.07) is 18.0. The molecule has 240 valence electrons. The van der Waals surface area contributed by atoms with Crippen LogP contribution in [0.25, 0.3) is 10.8 Å². The highest BCUT2D eigenvalue weighted by Crippen LogP contribution is 2.49. The summed E-state index contributed by atoms with van der Waals surface area (Å²) >= 11 is 0.669. The van der Waals surface area contributed by atoms with Gasteiger partial charge in [0.25, 0.3) is 0 Å². The fourth-order valence-electron chi connectivity index (χ4n) is 5.17. The number of thioether (sulfide) groups is 1. The molecule has 3 aromatic rings. The van der Waals surface area contributed by atoms with Gasteiger partial charge in [-0.2, -0.15) is 0 Å². The monoisotopic (exact) mass is 656 g/mol. The van der Waals surface area contributed by atoms with Gasteiger partial charge in [0, 0.05) is 18.7 Å². The van der Waals surface area contributed by atoms with Gasteiger partial charge in [-0.15, -0.1) is 11.8 Å². The summed E-state index contributed by atoms with van der Waals surface area (Å²) in [6.45, 7) is 0.266. The van der Waals surface area contributed by atoms with E-state index in [0.29, 0.717) is 42.5 Å². The SMILES string of the molecule is COc1ccc(NC(=O)CC(SCC(=O)N2CCCCC2C(=O)NC(Cc2ccc3ccccc3c2)C(N)=O)P(=O)(O)O)cc1. The number of benzene rings is 3. The Bertz CT molecular complexity index is 1580. The second kappa shape index (κ2) is 15.4. The topological polar surface area (TPSA) is 188 Å². The lowest BCUT2D eigenvalue weighted by molar-refractivity contribution is -0.141. The van der Waals surface area contributed by atoms with E-state index in [1.54, 1.807) is 24.3 Å². The molecule has 45 heavy (non-hydrogen) atoms. The van der Waals surface area contributed by atoms with Crippen LogP contribution in [0.5, 0.6) is 5.75 Å². The molecule has 1 heterocycles. The molecule has 0 saturated carbocycles. The predicted molar refractivity (Wildman–Crippen MR) is 173 cm³/mol. The third-order valence-electron chi connectivity index (χ3n) is 7.55. The molecule has 3 unspecified atom stereocenters. The number of amides is 4. The van der Waals surface area contributed by atoms with Crippen LogP contribution in [-0.2, 0) is 30.2 Å². The van der Waals surface area contributed by atoms with E-state index in [-0.39, 0.29) is 18.7 Å². The Morgan fingerprint density at radius 2 is 1.76 bits per heavy atom. The summed E-state index contributed by atoms with van der Waals surface area (Å²) in [7, 11) is -3.28. The van der Waals surface area contributed by atoms with E-state index in [1.165, 1.54) is 12.0 Å². The summed E-state index contributed by atoms with van der Waals surface area (Å²) in [6.07, 6.45) is 1.31.